The monoisotopic (exact) mass is 265 g/mol. The van der Waals surface area contributed by atoms with Crippen LogP contribution in [0.3, 0.4) is 0 Å². The Morgan fingerprint density at radius 3 is 2.68 bits per heavy atom. The van der Waals surface area contributed by atoms with Gasteiger partial charge in [-0.3, -0.25) is 4.79 Å². The highest BCUT2D eigenvalue weighted by molar-refractivity contribution is 5.77. The minimum atomic E-state index is -0.613. The van der Waals surface area contributed by atoms with E-state index in [1.165, 1.54) is 0 Å². The van der Waals surface area contributed by atoms with Crippen molar-refractivity contribution in [2.45, 2.75) is 45.8 Å². The summed E-state index contributed by atoms with van der Waals surface area (Å²) in [5.74, 6) is 0.414. The first-order valence-corrected chi connectivity index (χ1v) is 6.73. The molecule has 1 aromatic rings. The molecule has 0 aromatic heterocycles. The Morgan fingerprint density at radius 1 is 1.37 bits per heavy atom. The maximum Gasteiger partial charge on any atom is 0.258 e. The summed E-state index contributed by atoms with van der Waals surface area (Å²) in [5, 5.41) is 12.5. The molecule has 4 heteroatoms. The van der Waals surface area contributed by atoms with Crippen molar-refractivity contribution in [3.05, 3.63) is 29.8 Å². The van der Waals surface area contributed by atoms with Gasteiger partial charge in [-0.15, -0.1) is 0 Å². The zero-order valence-corrected chi connectivity index (χ0v) is 11.8. The lowest BCUT2D eigenvalue weighted by Crippen LogP contribution is -2.36. The molecule has 0 bridgehead atoms. The normalized spacial score (nSPS) is 13.7. The molecule has 2 atom stereocenters. The minimum Gasteiger partial charge on any atom is -0.483 e. The predicted octanol–water partition coefficient (Wildman–Crippen LogP) is 2.42. The van der Waals surface area contributed by atoms with Crippen molar-refractivity contribution in [3.63, 3.8) is 0 Å². The maximum absolute atomic E-state index is 11.7. The van der Waals surface area contributed by atoms with E-state index in [1.54, 1.807) is 19.1 Å². The fourth-order valence-corrected chi connectivity index (χ4v) is 1.92. The van der Waals surface area contributed by atoms with Crippen LogP contribution in [-0.2, 0) is 4.79 Å². The molecule has 1 aromatic carbocycles. The summed E-state index contributed by atoms with van der Waals surface area (Å²) >= 11 is 0. The average Bonchev–Trinajstić information content (AvgIpc) is 2.36. The molecule has 106 valence electrons. The zero-order chi connectivity index (χ0) is 14.3. The number of carbonyl (C=O) groups is 1. The first-order valence-electron chi connectivity index (χ1n) is 6.73. The number of ether oxygens (including phenoxy) is 1. The molecular formula is C15H23NO3. The second-order valence-corrected chi connectivity index (χ2v) is 4.76. The van der Waals surface area contributed by atoms with E-state index in [4.69, 9.17) is 4.74 Å². The van der Waals surface area contributed by atoms with Crippen molar-refractivity contribution >= 4 is 5.91 Å². The van der Waals surface area contributed by atoms with Crippen LogP contribution in [0.2, 0.25) is 0 Å². The smallest absolute Gasteiger partial charge is 0.258 e. The van der Waals surface area contributed by atoms with Crippen LogP contribution in [0.1, 0.15) is 45.3 Å². The van der Waals surface area contributed by atoms with Crippen LogP contribution in [0.4, 0.5) is 0 Å². The summed E-state index contributed by atoms with van der Waals surface area (Å²) in [6, 6.07) is 7.35. The van der Waals surface area contributed by atoms with Gasteiger partial charge in [-0.05, 0) is 26.3 Å². The van der Waals surface area contributed by atoms with Crippen molar-refractivity contribution in [2.24, 2.45) is 0 Å². The van der Waals surface area contributed by atoms with Gasteiger partial charge in [0.05, 0.1) is 6.10 Å². The van der Waals surface area contributed by atoms with Gasteiger partial charge in [0.1, 0.15) is 5.75 Å². The number of hydrogen-bond acceptors (Lipinski definition) is 3. The molecule has 0 saturated carbocycles. The van der Waals surface area contributed by atoms with Gasteiger partial charge in [-0.25, -0.2) is 0 Å². The molecule has 0 spiro atoms. The van der Waals surface area contributed by atoms with Gasteiger partial charge in [-0.2, -0.15) is 0 Å². The van der Waals surface area contributed by atoms with Crippen LogP contribution in [0.25, 0.3) is 0 Å². The highest BCUT2D eigenvalue weighted by Crippen LogP contribution is 2.24. The molecule has 0 aliphatic heterocycles. The molecule has 19 heavy (non-hydrogen) atoms. The Balaban J connectivity index is 2.50. The molecule has 0 fully saturated rings. The minimum absolute atomic E-state index is 0.0300. The van der Waals surface area contributed by atoms with Crippen molar-refractivity contribution in [1.82, 2.24) is 5.32 Å². The fourth-order valence-electron chi connectivity index (χ4n) is 1.92. The van der Waals surface area contributed by atoms with Crippen LogP contribution < -0.4 is 10.1 Å². The van der Waals surface area contributed by atoms with E-state index in [-0.39, 0.29) is 18.6 Å². The van der Waals surface area contributed by atoms with Crippen LogP contribution in [0, 0.1) is 0 Å². The molecule has 0 radical (unpaired) electrons. The first-order chi connectivity index (χ1) is 9.04. The maximum atomic E-state index is 11.7. The molecule has 4 nitrogen and oxygen atoms in total. The highest BCUT2D eigenvalue weighted by Gasteiger charge is 2.11. The highest BCUT2D eigenvalue weighted by atomic mass is 16.5. The van der Waals surface area contributed by atoms with Gasteiger partial charge in [0.15, 0.2) is 6.61 Å². The molecule has 0 aliphatic rings. The number of carbonyl (C=O) groups excluding carboxylic acids is 1. The van der Waals surface area contributed by atoms with E-state index in [9.17, 15) is 9.90 Å². The standard InChI is InChI=1S/C15H23NO3/c1-4-7-11(2)16-15(18)10-19-14-9-6-5-8-13(14)12(3)17/h5-6,8-9,11-12,17H,4,7,10H2,1-3H3,(H,16,18). The topological polar surface area (TPSA) is 58.6 Å². The van der Waals surface area contributed by atoms with E-state index >= 15 is 0 Å². The summed E-state index contributed by atoms with van der Waals surface area (Å²) in [7, 11) is 0. The number of aliphatic hydroxyl groups excluding tert-OH is 1. The van der Waals surface area contributed by atoms with Gasteiger partial charge in [0.25, 0.3) is 5.91 Å². The second-order valence-electron chi connectivity index (χ2n) is 4.76. The van der Waals surface area contributed by atoms with Crippen molar-refractivity contribution in [1.29, 1.82) is 0 Å². The SMILES string of the molecule is CCCC(C)NC(=O)COc1ccccc1C(C)O. The van der Waals surface area contributed by atoms with Crippen LogP contribution in [-0.4, -0.2) is 23.7 Å². The van der Waals surface area contributed by atoms with Crippen molar-refractivity contribution in [2.75, 3.05) is 6.61 Å². The van der Waals surface area contributed by atoms with E-state index in [0.717, 1.165) is 12.8 Å². The summed E-state index contributed by atoms with van der Waals surface area (Å²) in [6.07, 6.45) is 1.38. The fraction of sp³-hybridized carbons (Fsp3) is 0.533. The van der Waals surface area contributed by atoms with Crippen LogP contribution in [0.15, 0.2) is 24.3 Å². The Labute approximate surface area is 114 Å². The first kappa shape index (κ1) is 15.5. The molecule has 1 amide bonds. The Hall–Kier alpha value is -1.55. The Morgan fingerprint density at radius 2 is 2.05 bits per heavy atom. The lowest BCUT2D eigenvalue weighted by atomic mass is 10.1. The van der Waals surface area contributed by atoms with Gasteiger partial charge < -0.3 is 15.2 Å². The van der Waals surface area contributed by atoms with Crippen molar-refractivity contribution in [3.8, 4) is 5.75 Å². The van der Waals surface area contributed by atoms with E-state index in [0.29, 0.717) is 11.3 Å². The number of hydrogen-bond donors (Lipinski definition) is 2. The van der Waals surface area contributed by atoms with E-state index in [2.05, 4.69) is 12.2 Å². The summed E-state index contributed by atoms with van der Waals surface area (Å²) in [4.78, 5) is 11.7. The number of aliphatic hydroxyl groups is 1. The summed E-state index contributed by atoms with van der Waals surface area (Å²) in [5.41, 5.74) is 0.692. The number of benzene rings is 1. The third-order valence-electron chi connectivity index (χ3n) is 2.86. The molecule has 0 saturated heterocycles. The zero-order valence-electron chi connectivity index (χ0n) is 11.8. The van der Waals surface area contributed by atoms with Gasteiger partial charge in [-0.1, -0.05) is 31.5 Å². The average molecular weight is 265 g/mol. The number of amides is 1. The summed E-state index contributed by atoms with van der Waals surface area (Å²) in [6.45, 7) is 5.70. The van der Waals surface area contributed by atoms with Crippen molar-refractivity contribution < 1.29 is 14.6 Å². The largest absolute Gasteiger partial charge is 0.483 e. The molecule has 1 rings (SSSR count). The van der Waals surface area contributed by atoms with Gasteiger partial charge in [0, 0.05) is 11.6 Å². The Kier molecular flexibility index (Phi) is 6.36. The lowest BCUT2D eigenvalue weighted by Gasteiger charge is -2.15. The van der Waals surface area contributed by atoms with Gasteiger partial charge >= 0.3 is 0 Å². The third kappa shape index (κ3) is 5.30. The molecule has 2 N–H and O–H groups in total. The number of nitrogens with one attached hydrogen (secondary N) is 1. The lowest BCUT2D eigenvalue weighted by molar-refractivity contribution is -0.123. The second kappa shape index (κ2) is 7.79. The number of rotatable bonds is 7. The molecule has 0 aliphatic carbocycles. The predicted molar refractivity (Wildman–Crippen MR) is 75.1 cm³/mol. The van der Waals surface area contributed by atoms with Gasteiger partial charge in [0.2, 0.25) is 0 Å². The third-order valence-corrected chi connectivity index (χ3v) is 2.86. The van der Waals surface area contributed by atoms with Crippen LogP contribution in [0.5, 0.6) is 5.75 Å². The molecule has 0 heterocycles. The molecular weight excluding hydrogens is 242 g/mol. The Bertz CT molecular complexity index is 404. The van der Waals surface area contributed by atoms with E-state index in [1.807, 2.05) is 19.1 Å². The van der Waals surface area contributed by atoms with Crippen LogP contribution >= 0.6 is 0 Å². The summed E-state index contributed by atoms with van der Waals surface area (Å²) < 4.78 is 5.47. The van der Waals surface area contributed by atoms with E-state index < -0.39 is 6.10 Å². The molecule has 2 unspecified atom stereocenters. The quantitative estimate of drug-likeness (QED) is 0.796. The number of para-hydroxylation sites is 1.